The molecule has 1 aromatic carbocycles. The van der Waals surface area contributed by atoms with E-state index in [1.54, 1.807) is 23.3 Å². The number of hydrogen-bond acceptors (Lipinski definition) is 8. The minimum Gasteiger partial charge on any atom is -0.452 e. The zero-order valence-electron chi connectivity index (χ0n) is 16.3. The number of nitro benzene ring substituents is 1. The molecule has 1 amide bonds. The molecule has 11 heteroatoms. The van der Waals surface area contributed by atoms with Gasteiger partial charge in [0.25, 0.3) is 11.6 Å². The van der Waals surface area contributed by atoms with E-state index in [-0.39, 0.29) is 22.8 Å². The number of thiophene rings is 1. The summed E-state index contributed by atoms with van der Waals surface area (Å²) in [6, 6.07) is 7.85. The molecule has 1 saturated heterocycles. The first-order valence-electron chi connectivity index (χ1n) is 9.25. The monoisotopic (exact) mass is 452 g/mol. The second kappa shape index (κ2) is 9.88. The first-order valence-corrected chi connectivity index (χ1v) is 10.4. The average molecular weight is 453 g/mol. The largest absolute Gasteiger partial charge is 0.452 e. The SMILES string of the molecule is CNc1ccc(C(=O)OCC(=O)N2CCN(Cc3ccc(Cl)s3)CC2)cc1[N+](=O)[O-]. The number of halogens is 1. The number of benzene rings is 1. The van der Waals surface area contributed by atoms with Gasteiger partial charge >= 0.3 is 5.97 Å². The van der Waals surface area contributed by atoms with Crippen LogP contribution in [-0.2, 0) is 16.1 Å². The molecule has 30 heavy (non-hydrogen) atoms. The summed E-state index contributed by atoms with van der Waals surface area (Å²) in [5.74, 6) is -1.06. The predicted octanol–water partition coefficient (Wildman–Crippen LogP) is 2.85. The topological polar surface area (TPSA) is 105 Å². The van der Waals surface area contributed by atoms with E-state index in [2.05, 4.69) is 10.2 Å². The first-order chi connectivity index (χ1) is 14.4. The van der Waals surface area contributed by atoms with E-state index in [1.807, 2.05) is 12.1 Å². The van der Waals surface area contributed by atoms with E-state index in [1.165, 1.54) is 17.0 Å². The number of anilines is 1. The molecule has 160 valence electrons. The Balaban J connectivity index is 1.48. The zero-order chi connectivity index (χ0) is 21.7. The average Bonchev–Trinajstić information content (AvgIpc) is 3.16. The van der Waals surface area contributed by atoms with Crippen LogP contribution in [0.15, 0.2) is 30.3 Å². The van der Waals surface area contributed by atoms with Crippen LogP contribution < -0.4 is 5.32 Å². The molecule has 2 heterocycles. The highest BCUT2D eigenvalue weighted by atomic mass is 35.5. The van der Waals surface area contributed by atoms with E-state index in [9.17, 15) is 19.7 Å². The standard InChI is InChI=1S/C19H21ClN4O5S/c1-21-15-4-2-13(10-16(15)24(27)28)19(26)29-12-18(25)23-8-6-22(7-9-23)11-14-3-5-17(20)30-14/h2-5,10,21H,6-9,11-12H2,1H3. The van der Waals surface area contributed by atoms with Crippen molar-refractivity contribution in [3.05, 3.63) is 55.2 Å². The minimum atomic E-state index is -0.776. The molecule has 9 nitrogen and oxygen atoms in total. The second-order valence-electron chi connectivity index (χ2n) is 6.68. The predicted molar refractivity (Wildman–Crippen MR) is 114 cm³/mol. The van der Waals surface area contributed by atoms with E-state index in [0.29, 0.717) is 26.2 Å². The number of ether oxygens (including phenoxy) is 1. The van der Waals surface area contributed by atoms with E-state index in [0.717, 1.165) is 16.9 Å². The van der Waals surface area contributed by atoms with Gasteiger partial charge in [0.05, 0.1) is 14.8 Å². The van der Waals surface area contributed by atoms with Gasteiger partial charge < -0.3 is 15.0 Å². The van der Waals surface area contributed by atoms with E-state index in [4.69, 9.17) is 16.3 Å². The van der Waals surface area contributed by atoms with Crippen molar-refractivity contribution in [2.75, 3.05) is 45.2 Å². The van der Waals surface area contributed by atoms with Crippen LogP contribution in [0, 0.1) is 10.1 Å². The van der Waals surface area contributed by atoms with Gasteiger partial charge in [-0.15, -0.1) is 11.3 Å². The molecule has 0 aliphatic carbocycles. The number of nitro groups is 1. The minimum absolute atomic E-state index is 0.0212. The molecule has 0 saturated carbocycles. The van der Waals surface area contributed by atoms with Crippen molar-refractivity contribution in [1.29, 1.82) is 0 Å². The molecule has 0 unspecified atom stereocenters. The molecule has 0 atom stereocenters. The van der Waals surface area contributed by atoms with Crippen LogP contribution in [-0.4, -0.2) is 66.4 Å². The fourth-order valence-corrected chi connectivity index (χ4v) is 4.27. The van der Waals surface area contributed by atoms with Gasteiger partial charge in [-0.25, -0.2) is 4.79 Å². The van der Waals surface area contributed by atoms with Crippen LogP contribution in [0.4, 0.5) is 11.4 Å². The van der Waals surface area contributed by atoms with Crippen LogP contribution in [0.1, 0.15) is 15.2 Å². The number of piperazine rings is 1. The normalized spacial score (nSPS) is 14.4. The third-order valence-electron chi connectivity index (χ3n) is 4.76. The molecule has 2 aromatic rings. The van der Waals surface area contributed by atoms with Crippen LogP contribution in [0.3, 0.4) is 0 Å². The van der Waals surface area contributed by atoms with Gasteiger partial charge in [-0.1, -0.05) is 11.6 Å². The number of carbonyl (C=O) groups is 2. The van der Waals surface area contributed by atoms with Crippen LogP contribution in [0.25, 0.3) is 0 Å². The van der Waals surface area contributed by atoms with Crippen molar-refractivity contribution in [1.82, 2.24) is 9.80 Å². The highest BCUT2D eigenvalue weighted by Gasteiger charge is 2.23. The molecule has 0 bridgehead atoms. The Hall–Kier alpha value is -2.69. The number of rotatable bonds is 7. The molecule has 1 aliphatic rings. The Morgan fingerprint density at radius 3 is 2.57 bits per heavy atom. The Kier molecular flexibility index (Phi) is 7.24. The highest BCUT2D eigenvalue weighted by Crippen LogP contribution is 2.25. The molecule has 0 spiro atoms. The van der Waals surface area contributed by atoms with Gasteiger partial charge in [0.1, 0.15) is 5.69 Å². The van der Waals surface area contributed by atoms with Crippen molar-refractivity contribution in [3.63, 3.8) is 0 Å². The maximum Gasteiger partial charge on any atom is 0.338 e. The summed E-state index contributed by atoms with van der Waals surface area (Å²) in [5, 5.41) is 13.8. The Morgan fingerprint density at radius 1 is 1.23 bits per heavy atom. The van der Waals surface area contributed by atoms with Gasteiger partial charge in [0.15, 0.2) is 6.61 Å². The molecule has 1 N–H and O–H groups in total. The summed E-state index contributed by atoms with van der Waals surface area (Å²) in [7, 11) is 1.55. The fraction of sp³-hybridized carbons (Fsp3) is 0.368. The quantitative estimate of drug-likeness (QED) is 0.391. The third-order valence-corrected chi connectivity index (χ3v) is 5.98. The Labute approximate surface area is 182 Å². The lowest BCUT2D eigenvalue weighted by molar-refractivity contribution is -0.384. The van der Waals surface area contributed by atoms with E-state index >= 15 is 0 Å². The zero-order valence-corrected chi connectivity index (χ0v) is 17.9. The van der Waals surface area contributed by atoms with Crippen molar-refractivity contribution in [2.45, 2.75) is 6.54 Å². The maximum atomic E-state index is 12.4. The summed E-state index contributed by atoms with van der Waals surface area (Å²) in [4.78, 5) is 40.2. The number of esters is 1. The van der Waals surface area contributed by atoms with Crippen molar-refractivity contribution < 1.29 is 19.2 Å². The summed E-state index contributed by atoms with van der Waals surface area (Å²) in [6.45, 7) is 2.89. The van der Waals surface area contributed by atoms with E-state index < -0.39 is 17.5 Å². The number of hydrogen-bond donors (Lipinski definition) is 1. The molecule has 1 aliphatic heterocycles. The van der Waals surface area contributed by atoms with Crippen molar-refractivity contribution in [2.24, 2.45) is 0 Å². The van der Waals surface area contributed by atoms with Crippen LogP contribution in [0.5, 0.6) is 0 Å². The number of carbonyl (C=O) groups excluding carboxylic acids is 2. The number of nitrogens with one attached hydrogen (secondary N) is 1. The van der Waals surface area contributed by atoms with Gasteiger partial charge in [0.2, 0.25) is 0 Å². The summed E-state index contributed by atoms with van der Waals surface area (Å²) in [5.41, 5.74) is 0.0738. The molecule has 1 fully saturated rings. The Morgan fingerprint density at radius 2 is 1.97 bits per heavy atom. The lowest BCUT2D eigenvalue weighted by Crippen LogP contribution is -2.49. The van der Waals surface area contributed by atoms with Gasteiger partial charge in [-0.3, -0.25) is 19.8 Å². The Bertz CT molecular complexity index is 943. The smallest absolute Gasteiger partial charge is 0.338 e. The molecular formula is C19H21ClN4O5S. The lowest BCUT2D eigenvalue weighted by atomic mass is 10.1. The molecule has 1 aromatic heterocycles. The van der Waals surface area contributed by atoms with Crippen LogP contribution in [0.2, 0.25) is 4.34 Å². The van der Waals surface area contributed by atoms with Gasteiger partial charge in [-0.05, 0) is 24.3 Å². The fourth-order valence-electron chi connectivity index (χ4n) is 3.14. The summed E-state index contributed by atoms with van der Waals surface area (Å²) < 4.78 is 5.83. The molecule has 3 rings (SSSR count). The molecular weight excluding hydrogens is 432 g/mol. The van der Waals surface area contributed by atoms with Crippen LogP contribution >= 0.6 is 22.9 Å². The first kappa shape index (κ1) is 22.0. The number of amides is 1. The highest BCUT2D eigenvalue weighted by molar-refractivity contribution is 7.16. The second-order valence-corrected chi connectivity index (χ2v) is 8.48. The lowest BCUT2D eigenvalue weighted by Gasteiger charge is -2.34. The maximum absolute atomic E-state index is 12.4. The van der Waals surface area contributed by atoms with Gasteiger partial charge in [-0.2, -0.15) is 0 Å². The third kappa shape index (κ3) is 5.47. The summed E-state index contributed by atoms with van der Waals surface area (Å²) >= 11 is 7.50. The summed E-state index contributed by atoms with van der Waals surface area (Å²) in [6.07, 6.45) is 0. The number of nitrogens with zero attached hydrogens (tertiary/aromatic N) is 3. The molecule has 0 radical (unpaired) electrons. The van der Waals surface area contributed by atoms with Crippen molar-refractivity contribution >= 4 is 46.2 Å². The van der Waals surface area contributed by atoms with Crippen molar-refractivity contribution in [3.8, 4) is 0 Å². The van der Waals surface area contributed by atoms with Gasteiger partial charge in [0, 0.05) is 50.7 Å².